The van der Waals surface area contributed by atoms with E-state index in [-0.39, 0.29) is 12.2 Å². The molecule has 1 aliphatic rings. The van der Waals surface area contributed by atoms with Gasteiger partial charge in [0.05, 0.1) is 0 Å². The van der Waals surface area contributed by atoms with Gasteiger partial charge in [-0.1, -0.05) is 18.2 Å². The highest BCUT2D eigenvalue weighted by Crippen LogP contribution is 2.20. The number of Topliss-reactive ketones (excluding diaryl/α,β-unsaturated/α-hetero) is 1. The molecule has 1 fully saturated rings. The molecule has 1 aromatic carbocycles. The van der Waals surface area contributed by atoms with Gasteiger partial charge in [0.15, 0.2) is 0 Å². The first-order chi connectivity index (χ1) is 10.6. The smallest absolute Gasteiger partial charge is 0.313 e. The van der Waals surface area contributed by atoms with Gasteiger partial charge in [-0.25, -0.2) is 0 Å². The van der Waals surface area contributed by atoms with E-state index in [1.807, 2.05) is 0 Å². The van der Waals surface area contributed by atoms with Crippen LogP contribution in [0.5, 0.6) is 0 Å². The standard InChI is InChI=1S/C17H24N2O3/c1-14-5-3-4-6-16(14)19-9-7-18(8-10-19)11-12-22-17(21)13-15(2)20/h3-6H,7-13H2,1-2H3. The van der Waals surface area contributed by atoms with Crippen LogP contribution in [-0.4, -0.2) is 56.0 Å². The third-order valence-electron chi connectivity index (χ3n) is 3.89. The van der Waals surface area contributed by atoms with Crippen molar-refractivity contribution in [2.45, 2.75) is 20.3 Å². The van der Waals surface area contributed by atoms with E-state index in [9.17, 15) is 9.59 Å². The fourth-order valence-corrected chi connectivity index (χ4v) is 2.67. The minimum Gasteiger partial charge on any atom is -0.464 e. The van der Waals surface area contributed by atoms with Crippen molar-refractivity contribution < 1.29 is 14.3 Å². The van der Waals surface area contributed by atoms with Crippen molar-refractivity contribution >= 4 is 17.4 Å². The van der Waals surface area contributed by atoms with Crippen molar-refractivity contribution in [3.8, 4) is 0 Å². The SMILES string of the molecule is CC(=O)CC(=O)OCCN1CCN(c2ccccc2C)CC1. The van der Waals surface area contributed by atoms with Gasteiger partial charge < -0.3 is 9.64 Å². The van der Waals surface area contributed by atoms with Gasteiger partial charge in [-0.15, -0.1) is 0 Å². The van der Waals surface area contributed by atoms with Crippen molar-refractivity contribution in [3.05, 3.63) is 29.8 Å². The van der Waals surface area contributed by atoms with Gasteiger partial charge in [0.1, 0.15) is 18.8 Å². The Labute approximate surface area is 131 Å². The fraction of sp³-hybridized carbons (Fsp3) is 0.529. The second-order valence-corrected chi connectivity index (χ2v) is 5.71. The summed E-state index contributed by atoms with van der Waals surface area (Å²) >= 11 is 0. The summed E-state index contributed by atoms with van der Waals surface area (Å²) in [5.74, 6) is -0.581. The lowest BCUT2D eigenvalue weighted by molar-refractivity contribution is -0.146. The second kappa shape index (κ2) is 7.94. The lowest BCUT2D eigenvalue weighted by atomic mass is 10.1. The number of nitrogens with zero attached hydrogens (tertiary/aromatic N) is 2. The van der Waals surface area contributed by atoms with Gasteiger partial charge in [-0.05, 0) is 25.5 Å². The zero-order chi connectivity index (χ0) is 15.9. The highest BCUT2D eigenvalue weighted by Gasteiger charge is 2.18. The van der Waals surface area contributed by atoms with Gasteiger partial charge in [0.25, 0.3) is 0 Å². The molecule has 0 atom stereocenters. The number of anilines is 1. The Balaban J connectivity index is 1.70. The van der Waals surface area contributed by atoms with Gasteiger partial charge in [-0.3, -0.25) is 14.5 Å². The first-order valence-corrected chi connectivity index (χ1v) is 7.74. The molecule has 0 saturated carbocycles. The molecule has 0 spiro atoms. The molecule has 5 nitrogen and oxygen atoms in total. The van der Waals surface area contributed by atoms with Crippen LogP contribution in [0.15, 0.2) is 24.3 Å². The van der Waals surface area contributed by atoms with Crippen LogP contribution in [0.1, 0.15) is 18.9 Å². The molecule has 120 valence electrons. The summed E-state index contributed by atoms with van der Waals surface area (Å²) < 4.78 is 5.07. The van der Waals surface area contributed by atoms with Crippen LogP contribution < -0.4 is 4.90 Å². The van der Waals surface area contributed by atoms with Gasteiger partial charge in [0, 0.05) is 38.4 Å². The maximum absolute atomic E-state index is 11.3. The molecule has 1 saturated heterocycles. The summed E-state index contributed by atoms with van der Waals surface area (Å²) in [5, 5.41) is 0. The summed E-state index contributed by atoms with van der Waals surface area (Å²) in [6.07, 6.45) is -0.124. The van der Waals surface area contributed by atoms with E-state index in [2.05, 4.69) is 41.0 Å². The lowest BCUT2D eigenvalue weighted by Gasteiger charge is -2.36. The number of hydrogen-bond donors (Lipinski definition) is 0. The van der Waals surface area contributed by atoms with Crippen LogP contribution in [0.2, 0.25) is 0 Å². The van der Waals surface area contributed by atoms with E-state index in [0.29, 0.717) is 6.61 Å². The average molecular weight is 304 g/mol. The molecular weight excluding hydrogens is 280 g/mol. The predicted octanol–water partition coefficient (Wildman–Crippen LogP) is 1.64. The molecule has 0 bridgehead atoms. The van der Waals surface area contributed by atoms with Crippen LogP contribution in [-0.2, 0) is 14.3 Å². The third-order valence-corrected chi connectivity index (χ3v) is 3.89. The number of ether oxygens (including phenoxy) is 1. The number of piperazine rings is 1. The number of carbonyl (C=O) groups is 2. The van der Waals surface area contributed by atoms with Crippen LogP contribution in [0, 0.1) is 6.92 Å². The van der Waals surface area contributed by atoms with E-state index in [1.54, 1.807) is 0 Å². The number of rotatable bonds is 6. The molecule has 1 heterocycles. The molecule has 0 amide bonds. The number of carbonyl (C=O) groups excluding carboxylic acids is 2. The molecule has 0 radical (unpaired) electrons. The minimum absolute atomic E-state index is 0.124. The molecular formula is C17H24N2O3. The Bertz CT molecular complexity index is 522. The van der Waals surface area contributed by atoms with Crippen molar-refractivity contribution in [2.24, 2.45) is 0 Å². The zero-order valence-electron chi connectivity index (χ0n) is 13.4. The third kappa shape index (κ3) is 4.84. The van der Waals surface area contributed by atoms with Gasteiger partial charge in [-0.2, -0.15) is 0 Å². The van der Waals surface area contributed by atoms with E-state index >= 15 is 0 Å². The summed E-state index contributed by atoms with van der Waals surface area (Å²) in [4.78, 5) is 26.8. The molecule has 0 aromatic heterocycles. The van der Waals surface area contributed by atoms with Gasteiger partial charge in [0.2, 0.25) is 0 Å². The van der Waals surface area contributed by atoms with E-state index in [0.717, 1.165) is 32.7 Å². The van der Waals surface area contributed by atoms with Crippen LogP contribution >= 0.6 is 0 Å². The first kappa shape index (κ1) is 16.5. The second-order valence-electron chi connectivity index (χ2n) is 5.71. The average Bonchev–Trinajstić information content (AvgIpc) is 2.48. The Hall–Kier alpha value is -1.88. The molecule has 0 N–H and O–H groups in total. The van der Waals surface area contributed by atoms with E-state index < -0.39 is 5.97 Å². The summed E-state index contributed by atoms with van der Waals surface area (Å²) in [5.41, 5.74) is 2.60. The quantitative estimate of drug-likeness (QED) is 0.591. The molecule has 1 aliphatic heterocycles. The fourth-order valence-electron chi connectivity index (χ4n) is 2.67. The Morgan fingerprint density at radius 1 is 1.14 bits per heavy atom. The van der Waals surface area contributed by atoms with E-state index in [4.69, 9.17) is 4.74 Å². The molecule has 5 heteroatoms. The summed E-state index contributed by atoms with van der Waals surface area (Å²) in [7, 11) is 0. The number of esters is 1. The Morgan fingerprint density at radius 3 is 2.45 bits per heavy atom. The van der Waals surface area contributed by atoms with Crippen LogP contribution in [0.4, 0.5) is 5.69 Å². The largest absolute Gasteiger partial charge is 0.464 e. The number of benzene rings is 1. The predicted molar refractivity (Wildman–Crippen MR) is 86.1 cm³/mol. The van der Waals surface area contributed by atoms with E-state index in [1.165, 1.54) is 18.2 Å². The Kier molecular flexibility index (Phi) is 5.95. The van der Waals surface area contributed by atoms with Crippen LogP contribution in [0.25, 0.3) is 0 Å². The molecule has 22 heavy (non-hydrogen) atoms. The molecule has 1 aromatic rings. The number of aryl methyl sites for hydroxylation is 1. The molecule has 0 unspecified atom stereocenters. The van der Waals surface area contributed by atoms with Crippen LogP contribution in [0.3, 0.4) is 0 Å². The minimum atomic E-state index is -0.425. The molecule has 0 aliphatic carbocycles. The maximum Gasteiger partial charge on any atom is 0.313 e. The highest BCUT2D eigenvalue weighted by atomic mass is 16.5. The van der Waals surface area contributed by atoms with Crippen molar-refractivity contribution in [1.82, 2.24) is 4.90 Å². The number of hydrogen-bond acceptors (Lipinski definition) is 5. The summed E-state index contributed by atoms with van der Waals surface area (Å²) in [6.45, 7) is 8.49. The topological polar surface area (TPSA) is 49.9 Å². The maximum atomic E-state index is 11.3. The molecule has 2 rings (SSSR count). The zero-order valence-corrected chi connectivity index (χ0v) is 13.4. The van der Waals surface area contributed by atoms with Gasteiger partial charge >= 0.3 is 5.97 Å². The first-order valence-electron chi connectivity index (χ1n) is 7.74. The number of para-hydroxylation sites is 1. The lowest BCUT2D eigenvalue weighted by Crippen LogP contribution is -2.47. The normalized spacial score (nSPS) is 15.6. The summed E-state index contributed by atoms with van der Waals surface area (Å²) in [6, 6.07) is 8.43. The number of ketones is 1. The van der Waals surface area contributed by atoms with Crippen molar-refractivity contribution in [3.63, 3.8) is 0 Å². The monoisotopic (exact) mass is 304 g/mol. The Morgan fingerprint density at radius 2 is 1.82 bits per heavy atom. The van der Waals surface area contributed by atoms with Crippen molar-refractivity contribution in [2.75, 3.05) is 44.2 Å². The van der Waals surface area contributed by atoms with Crippen molar-refractivity contribution in [1.29, 1.82) is 0 Å². The highest BCUT2D eigenvalue weighted by molar-refractivity contribution is 5.94.